The fourth-order valence-electron chi connectivity index (χ4n) is 3.32. The molecule has 0 radical (unpaired) electrons. The summed E-state index contributed by atoms with van der Waals surface area (Å²) in [5.74, 6) is 0.309. The Bertz CT molecular complexity index is 497. The standard InChI is InChI=1S/C22H34O4/c1-18(2)24-20-16-14-19(15-17-20)22(23)26-25-21-12-10-8-6-4-3-5-7-9-11-13-21/h14-18,21H,3-13H2,1-2H3. The third kappa shape index (κ3) is 8.22. The first-order valence-corrected chi connectivity index (χ1v) is 10.3. The lowest BCUT2D eigenvalue weighted by Crippen LogP contribution is -2.17. The van der Waals surface area contributed by atoms with Gasteiger partial charge < -0.3 is 4.74 Å². The minimum atomic E-state index is -0.438. The van der Waals surface area contributed by atoms with E-state index in [1.165, 1.54) is 44.9 Å². The highest BCUT2D eigenvalue weighted by Crippen LogP contribution is 2.20. The van der Waals surface area contributed by atoms with E-state index < -0.39 is 5.97 Å². The lowest BCUT2D eigenvalue weighted by molar-refractivity contribution is -0.277. The fraction of sp³-hybridized carbons (Fsp3) is 0.682. The van der Waals surface area contributed by atoms with Gasteiger partial charge in [-0.25, -0.2) is 4.79 Å². The summed E-state index contributed by atoms with van der Waals surface area (Å²) in [6, 6.07) is 6.99. The van der Waals surface area contributed by atoms with Crippen molar-refractivity contribution >= 4 is 5.97 Å². The van der Waals surface area contributed by atoms with Crippen molar-refractivity contribution < 1.29 is 19.3 Å². The van der Waals surface area contributed by atoms with Crippen molar-refractivity contribution in [3.05, 3.63) is 29.8 Å². The van der Waals surface area contributed by atoms with Crippen LogP contribution in [0.15, 0.2) is 24.3 Å². The molecule has 0 amide bonds. The van der Waals surface area contributed by atoms with Crippen molar-refractivity contribution in [1.29, 1.82) is 0 Å². The lowest BCUT2D eigenvalue weighted by Gasteiger charge is -2.17. The van der Waals surface area contributed by atoms with Gasteiger partial charge in [-0.2, -0.15) is 4.89 Å². The van der Waals surface area contributed by atoms with Crippen LogP contribution in [0.5, 0.6) is 5.75 Å². The molecule has 1 aliphatic rings. The molecule has 0 bridgehead atoms. The topological polar surface area (TPSA) is 44.8 Å². The van der Waals surface area contributed by atoms with Crippen molar-refractivity contribution in [3.63, 3.8) is 0 Å². The summed E-state index contributed by atoms with van der Waals surface area (Å²) in [4.78, 5) is 22.9. The van der Waals surface area contributed by atoms with E-state index in [9.17, 15) is 4.79 Å². The average Bonchev–Trinajstić information content (AvgIpc) is 2.61. The first kappa shape index (κ1) is 20.8. The minimum Gasteiger partial charge on any atom is -0.491 e. The maximum absolute atomic E-state index is 12.2. The summed E-state index contributed by atoms with van der Waals surface area (Å²) in [7, 11) is 0. The first-order chi connectivity index (χ1) is 12.6. The van der Waals surface area contributed by atoms with E-state index in [0.717, 1.165) is 31.4 Å². The van der Waals surface area contributed by atoms with Gasteiger partial charge in [0.05, 0.1) is 11.7 Å². The number of rotatable bonds is 5. The molecule has 26 heavy (non-hydrogen) atoms. The molecule has 1 aromatic carbocycles. The number of carbonyl (C=O) groups excluding carboxylic acids is 1. The van der Waals surface area contributed by atoms with Gasteiger partial charge in [0.2, 0.25) is 0 Å². The Morgan fingerprint density at radius 2 is 1.35 bits per heavy atom. The van der Waals surface area contributed by atoms with Gasteiger partial charge in [-0.3, -0.25) is 4.89 Å². The van der Waals surface area contributed by atoms with Crippen LogP contribution in [-0.4, -0.2) is 18.2 Å². The molecule has 0 heterocycles. The Morgan fingerprint density at radius 1 is 0.846 bits per heavy atom. The molecule has 0 aromatic heterocycles. The number of hydrogen-bond donors (Lipinski definition) is 0. The molecule has 0 aliphatic heterocycles. The van der Waals surface area contributed by atoms with Crippen LogP contribution < -0.4 is 4.74 Å². The van der Waals surface area contributed by atoms with Gasteiger partial charge in [0.15, 0.2) is 0 Å². The monoisotopic (exact) mass is 362 g/mol. The molecule has 0 atom stereocenters. The Balaban J connectivity index is 1.79. The van der Waals surface area contributed by atoms with E-state index >= 15 is 0 Å². The Hall–Kier alpha value is -1.55. The summed E-state index contributed by atoms with van der Waals surface area (Å²) in [5, 5.41) is 0. The Labute approximate surface area is 158 Å². The van der Waals surface area contributed by atoms with Crippen molar-refractivity contribution in [2.75, 3.05) is 0 Å². The highest BCUT2D eigenvalue weighted by atomic mass is 17.2. The summed E-state index contributed by atoms with van der Waals surface area (Å²) in [6.45, 7) is 3.94. The first-order valence-electron chi connectivity index (χ1n) is 10.3. The van der Waals surface area contributed by atoms with Crippen LogP contribution in [0.3, 0.4) is 0 Å². The average molecular weight is 363 g/mol. The van der Waals surface area contributed by atoms with Gasteiger partial charge in [0.1, 0.15) is 11.9 Å². The van der Waals surface area contributed by atoms with Crippen LogP contribution in [0.1, 0.15) is 94.8 Å². The Morgan fingerprint density at radius 3 is 1.85 bits per heavy atom. The highest BCUT2D eigenvalue weighted by Gasteiger charge is 2.15. The number of carbonyl (C=O) groups is 1. The molecule has 1 saturated carbocycles. The molecular formula is C22H34O4. The van der Waals surface area contributed by atoms with Crippen LogP contribution in [0.25, 0.3) is 0 Å². The van der Waals surface area contributed by atoms with E-state index in [1.807, 2.05) is 13.8 Å². The maximum atomic E-state index is 12.2. The SMILES string of the molecule is CC(C)Oc1ccc(C(=O)OOC2CCCCCCCCCCC2)cc1. The minimum absolute atomic E-state index is 0.0157. The van der Waals surface area contributed by atoms with E-state index in [0.29, 0.717) is 5.56 Å². The molecule has 146 valence electrons. The maximum Gasteiger partial charge on any atom is 0.373 e. The number of benzene rings is 1. The molecule has 0 unspecified atom stereocenters. The summed E-state index contributed by atoms with van der Waals surface area (Å²) in [5.41, 5.74) is 0.481. The molecular weight excluding hydrogens is 328 g/mol. The molecule has 2 rings (SSSR count). The molecule has 0 spiro atoms. The van der Waals surface area contributed by atoms with Gasteiger partial charge in [-0.15, -0.1) is 0 Å². The summed E-state index contributed by atoms with van der Waals surface area (Å²) in [6.07, 6.45) is 13.5. The van der Waals surface area contributed by atoms with Gasteiger partial charge in [-0.1, -0.05) is 57.8 Å². The molecule has 1 fully saturated rings. The van der Waals surface area contributed by atoms with Gasteiger partial charge in [0.25, 0.3) is 0 Å². The quantitative estimate of drug-likeness (QED) is 0.460. The zero-order chi connectivity index (χ0) is 18.6. The molecule has 4 heteroatoms. The second-order valence-corrected chi connectivity index (χ2v) is 7.54. The van der Waals surface area contributed by atoms with Gasteiger partial charge in [0, 0.05) is 0 Å². The normalized spacial score (nSPS) is 18.0. The fourth-order valence-corrected chi connectivity index (χ4v) is 3.32. The smallest absolute Gasteiger partial charge is 0.373 e. The van der Waals surface area contributed by atoms with Crippen molar-refractivity contribution in [3.8, 4) is 5.75 Å². The zero-order valence-corrected chi connectivity index (χ0v) is 16.4. The predicted octanol–water partition coefficient (Wildman–Crippen LogP) is 6.24. The Kier molecular flexibility index (Phi) is 9.54. The molecule has 1 aromatic rings. The number of hydrogen-bond acceptors (Lipinski definition) is 4. The molecule has 0 saturated heterocycles. The van der Waals surface area contributed by atoms with Crippen LogP contribution in [-0.2, 0) is 9.78 Å². The third-order valence-corrected chi connectivity index (χ3v) is 4.77. The van der Waals surface area contributed by atoms with Crippen molar-refractivity contribution in [1.82, 2.24) is 0 Å². The highest BCUT2D eigenvalue weighted by molar-refractivity contribution is 5.89. The van der Waals surface area contributed by atoms with Crippen LogP contribution in [0, 0.1) is 0 Å². The van der Waals surface area contributed by atoms with Crippen molar-refractivity contribution in [2.45, 2.75) is 96.7 Å². The van der Waals surface area contributed by atoms with Gasteiger partial charge in [-0.05, 0) is 51.0 Å². The van der Waals surface area contributed by atoms with E-state index in [-0.39, 0.29) is 12.2 Å². The summed E-state index contributed by atoms with van der Waals surface area (Å²) >= 11 is 0. The molecule has 1 aliphatic carbocycles. The van der Waals surface area contributed by atoms with E-state index in [2.05, 4.69) is 0 Å². The van der Waals surface area contributed by atoms with E-state index in [1.54, 1.807) is 24.3 Å². The second-order valence-electron chi connectivity index (χ2n) is 7.54. The second kappa shape index (κ2) is 11.9. The van der Waals surface area contributed by atoms with E-state index in [4.69, 9.17) is 14.5 Å². The molecule has 0 N–H and O–H groups in total. The predicted molar refractivity (Wildman–Crippen MR) is 103 cm³/mol. The van der Waals surface area contributed by atoms with Crippen molar-refractivity contribution in [2.24, 2.45) is 0 Å². The summed E-state index contributed by atoms with van der Waals surface area (Å²) < 4.78 is 5.59. The third-order valence-electron chi connectivity index (χ3n) is 4.77. The zero-order valence-electron chi connectivity index (χ0n) is 16.4. The van der Waals surface area contributed by atoms with Crippen LogP contribution in [0.2, 0.25) is 0 Å². The van der Waals surface area contributed by atoms with Crippen LogP contribution >= 0.6 is 0 Å². The largest absolute Gasteiger partial charge is 0.491 e. The molecule has 4 nitrogen and oxygen atoms in total. The lowest BCUT2D eigenvalue weighted by atomic mass is 9.99. The van der Waals surface area contributed by atoms with Crippen LogP contribution in [0.4, 0.5) is 0 Å². The van der Waals surface area contributed by atoms with Gasteiger partial charge >= 0.3 is 5.97 Å². The number of ether oxygens (including phenoxy) is 1.